The Morgan fingerprint density at radius 2 is 1.41 bits per heavy atom. The number of benzene rings is 2. The average molecular weight is 445 g/mol. The van der Waals surface area contributed by atoms with Crippen molar-refractivity contribution in [2.45, 2.75) is 19.4 Å². The van der Waals surface area contributed by atoms with E-state index in [0.717, 1.165) is 44.2 Å². The zero-order valence-corrected chi connectivity index (χ0v) is 18.7. The smallest absolute Gasteiger partial charge is 0.414 e. The summed E-state index contributed by atoms with van der Waals surface area (Å²) < 4.78 is 10.7. The molecule has 0 amide bonds. The molecule has 0 atom stereocenters. The van der Waals surface area contributed by atoms with Gasteiger partial charge in [-0.05, 0) is 42.6 Å². The van der Waals surface area contributed by atoms with Crippen LogP contribution in [0.4, 0.5) is 0 Å². The summed E-state index contributed by atoms with van der Waals surface area (Å²) >= 11 is 0. The molecule has 32 heavy (non-hydrogen) atoms. The Balaban J connectivity index is 0.000000534. The minimum atomic E-state index is -1.82. The average Bonchev–Trinajstić information content (AvgIpc) is 2.81. The number of carbonyl (C=O) groups is 2. The van der Waals surface area contributed by atoms with Gasteiger partial charge in [0.25, 0.3) is 0 Å². The minimum Gasteiger partial charge on any atom is -0.493 e. The van der Waals surface area contributed by atoms with Crippen LogP contribution in [0.25, 0.3) is 0 Å². The van der Waals surface area contributed by atoms with Crippen LogP contribution in [0.15, 0.2) is 48.5 Å². The van der Waals surface area contributed by atoms with Gasteiger partial charge in [0.1, 0.15) is 0 Å². The van der Waals surface area contributed by atoms with Crippen LogP contribution in [0, 0.1) is 0 Å². The molecular weight excluding hydrogens is 412 g/mol. The summed E-state index contributed by atoms with van der Waals surface area (Å²) in [5.41, 5.74) is 2.72. The first-order valence-electron chi connectivity index (χ1n) is 10.6. The lowest BCUT2D eigenvalue weighted by atomic mass is 10.1. The molecular formula is C24H32N2O6. The number of hydrogen-bond donors (Lipinski definition) is 2. The lowest BCUT2D eigenvalue weighted by Crippen LogP contribution is -2.46. The molecule has 174 valence electrons. The van der Waals surface area contributed by atoms with Crippen molar-refractivity contribution in [2.24, 2.45) is 0 Å². The van der Waals surface area contributed by atoms with Crippen LogP contribution in [-0.2, 0) is 22.6 Å². The van der Waals surface area contributed by atoms with Gasteiger partial charge in [-0.3, -0.25) is 4.90 Å². The zero-order chi connectivity index (χ0) is 23.3. The van der Waals surface area contributed by atoms with Gasteiger partial charge in [0.15, 0.2) is 11.5 Å². The van der Waals surface area contributed by atoms with E-state index in [-0.39, 0.29) is 0 Å². The molecule has 1 heterocycles. The molecule has 1 aliphatic heterocycles. The van der Waals surface area contributed by atoms with Crippen molar-refractivity contribution >= 4 is 11.9 Å². The van der Waals surface area contributed by atoms with Gasteiger partial charge < -0.3 is 24.6 Å². The highest BCUT2D eigenvalue weighted by molar-refractivity contribution is 6.27. The Kier molecular flexibility index (Phi) is 10.5. The van der Waals surface area contributed by atoms with Crippen molar-refractivity contribution in [3.05, 3.63) is 59.7 Å². The third kappa shape index (κ3) is 8.56. The van der Waals surface area contributed by atoms with Crippen molar-refractivity contribution in [1.29, 1.82) is 0 Å². The van der Waals surface area contributed by atoms with Crippen molar-refractivity contribution in [2.75, 3.05) is 46.9 Å². The molecule has 1 saturated heterocycles. The Labute approximate surface area is 189 Å². The van der Waals surface area contributed by atoms with E-state index in [2.05, 4.69) is 52.3 Å². The quantitative estimate of drug-likeness (QED) is 0.600. The third-order valence-corrected chi connectivity index (χ3v) is 5.28. The number of aliphatic carboxylic acids is 2. The van der Waals surface area contributed by atoms with Gasteiger partial charge in [0, 0.05) is 32.7 Å². The predicted octanol–water partition coefficient (Wildman–Crippen LogP) is 2.61. The second-order valence-electron chi connectivity index (χ2n) is 7.51. The molecule has 8 heteroatoms. The number of ether oxygens (including phenoxy) is 2. The highest BCUT2D eigenvalue weighted by Crippen LogP contribution is 2.28. The van der Waals surface area contributed by atoms with Gasteiger partial charge in [-0.1, -0.05) is 36.4 Å². The lowest BCUT2D eigenvalue weighted by Gasteiger charge is -2.34. The summed E-state index contributed by atoms with van der Waals surface area (Å²) in [6.07, 6.45) is 2.41. The first-order chi connectivity index (χ1) is 15.4. The monoisotopic (exact) mass is 444 g/mol. The Bertz CT molecular complexity index is 839. The number of hydrogen-bond acceptors (Lipinski definition) is 6. The van der Waals surface area contributed by atoms with Gasteiger partial charge in [-0.15, -0.1) is 0 Å². The number of piperazine rings is 1. The van der Waals surface area contributed by atoms with Crippen LogP contribution >= 0.6 is 0 Å². The second kappa shape index (κ2) is 13.3. The summed E-state index contributed by atoms with van der Waals surface area (Å²) in [5.74, 6) is -2.05. The van der Waals surface area contributed by atoms with Crippen molar-refractivity contribution in [3.63, 3.8) is 0 Å². The van der Waals surface area contributed by atoms with Gasteiger partial charge >= 0.3 is 11.9 Å². The van der Waals surface area contributed by atoms with E-state index >= 15 is 0 Å². The van der Waals surface area contributed by atoms with Crippen LogP contribution in [0.1, 0.15) is 17.5 Å². The molecule has 2 aromatic rings. The van der Waals surface area contributed by atoms with E-state index in [0.29, 0.717) is 0 Å². The molecule has 1 fully saturated rings. The van der Waals surface area contributed by atoms with Gasteiger partial charge in [-0.25, -0.2) is 9.59 Å². The zero-order valence-electron chi connectivity index (χ0n) is 18.7. The molecule has 0 bridgehead atoms. The molecule has 0 radical (unpaired) electrons. The SMILES string of the molecule is COc1ccc(CN2CCN(CCCc3ccccc3)CC2)cc1OC.O=C(O)C(=O)O. The van der Waals surface area contributed by atoms with Crippen molar-refractivity contribution in [3.8, 4) is 11.5 Å². The maximum atomic E-state index is 9.10. The number of methoxy groups -OCH3 is 2. The fraction of sp³-hybridized carbons (Fsp3) is 0.417. The Morgan fingerprint density at radius 3 is 1.97 bits per heavy atom. The summed E-state index contributed by atoms with van der Waals surface area (Å²) in [7, 11) is 3.37. The van der Waals surface area contributed by atoms with E-state index in [4.69, 9.17) is 29.3 Å². The van der Waals surface area contributed by atoms with Crippen LogP contribution in [-0.4, -0.2) is 78.9 Å². The van der Waals surface area contributed by atoms with Gasteiger partial charge in [0.05, 0.1) is 14.2 Å². The predicted molar refractivity (Wildman–Crippen MR) is 121 cm³/mol. The molecule has 0 aliphatic carbocycles. The topological polar surface area (TPSA) is 99.5 Å². The van der Waals surface area contributed by atoms with Crippen LogP contribution in [0.5, 0.6) is 11.5 Å². The Hall–Kier alpha value is -3.10. The molecule has 3 rings (SSSR count). The van der Waals surface area contributed by atoms with E-state index in [1.165, 1.54) is 30.5 Å². The molecule has 0 spiro atoms. The molecule has 0 saturated carbocycles. The fourth-order valence-electron chi connectivity index (χ4n) is 3.56. The normalized spacial score (nSPS) is 14.2. The van der Waals surface area contributed by atoms with Crippen molar-refractivity contribution < 1.29 is 29.3 Å². The summed E-state index contributed by atoms with van der Waals surface area (Å²) in [4.78, 5) is 23.3. The number of carboxylic acid groups (broad SMARTS) is 2. The summed E-state index contributed by atoms with van der Waals surface area (Å²) in [6, 6.07) is 17.0. The highest BCUT2D eigenvalue weighted by Gasteiger charge is 2.17. The number of nitrogens with zero attached hydrogens (tertiary/aromatic N) is 2. The summed E-state index contributed by atoms with van der Waals surface area (Å²) in [6.45, 7) is 6.72. The van der Waals surface area contributed by atoms with Crippen LogP contribution < -0.4 is 9.47 Å². The van der Waals surface area contributed by atoms with Crippen molar-refractivity contribution in [1.82, 2.24) is 9.80 Å². The van der Waals surface area contributed by atoms with E-state index < -0.39 is 11.9 Å². The molecule has 0 aromatic heterocycles. The van der Waals surface area contributed by atoms with Crippen LogP contribution in [0.2, 0.25) is 0 Å². The van der Waals surface area contributed by atoms with Gasteiger partial charge in [0.2, 0.25) is 0 Å². The number of aryl methyl sites for hydroxylation is 1. The fourth-order valence-corrected chi connectivity index (χ4v) is 3.56. The third-order valence-electron chi connectivity index (χ3n) is 5.28. The second-order valence-corrected chi connectivity index (χ2v) is 7.51. The maximum Gasteiger partial charge on any atom is 0.414 e. The van der Waals surface area contributed by atoms with Gasteiger partial charge in [-0.2, -0.15) is 0 Å². The number of carboxylic acids is 2. The molecule has 2 N–H and O–H groups in total. The lowest BCUT2D eigenvalue weighted by molar-refractivity contribution is -0.159. The Morgan fingerprint density at radius 1 is 0.812 bits per heavy atom. The number of rotatable bonds is 8. The van der Waals surface area contributed by atoms with E-state index in [1.807, 2.05) is 6.07 Å². The highest BCUT2D eigenvalue weighted by atomic mass is 16.5. The molecule has 1 aliphatic rings. The molecule has 0 unspecified atom stereocenters. The van der Waals surface area contributed by atoms with E-state index in [1.54, 1.807) is 14.2 Å². The molecule has 2 aromatic carbocycles. The largest absolute Gasteiger partial charge is 0.493 e. The minimum absolute atomic E-state index is 0.791. The first kappa shape index (κ1) is 25.2. The summed E-state index contributed by atoms with van der Waals surface area (Å²) in [5, 5.41) is 14.8. The standard InChI is InChI=1S/C22H30N2O2.C2H2O4/c1-25-21-11-10-20(17-22(21)26-2)18-24-15-13-23(14-16-24)12-6-9-19-7-4-3-5-8-19;3-1(4)2(5)6/h3-5,7-8,10-11,17H,6,9,12-16,18H2,1-2H3;(H,3,4)(H,5,6). The van der Waals surface area contributed by atoms with E-state index in [9.17, 15) is 0 Å². The maximum absolute atomic E-state index is 9.10. The van der Waals surface area contributed by atoms with Crippen LogP contribution in [0.3, 0.4) is 0 Å². The molecule has 8 nitrogen and oxygen atoms in total. The first-order valence-corrected chi connectivity index (χ1v) is 10.6.